The van der Waals surface area contributed by atoms with Crippen molar-refractivity contribution in [3.8, 4) is 0 Å². The smallest absolute Gasteiger partial charge is 0.242 e. The minimum Gasteiger partial charge on any atom is -0.273 e. The van der Waals surface area contributed by atoms with Gasteiger partial charge in [0.05, 0.1) is 6.21 Å². The first-order valence-corrected chi connectivity index (χ1v) is 7.03. The van der Waals surface area contributed by atoms with Gasteiger partial charge >= 0.3 is 0 Å². The van der Waals surface area contributed by atoms with E-state index in [0.717, 1.165) is 18.4 Å². The summed E-state index contributed by atoms with van der Waals surface area (Å²) in [6.45, 7) is 3.70. The number of hydrogen-bond acceptors (Lipinski definition) is 2. The molecule has 20 heavy (non-hydrogen) atoms. The number of hydrogen-bond donors (Lipinski definition) is 1. The van der Waals surface area contributed by atoms with E-state index < -0.39 is 0 Å². The minimum atomic E-state index is -0.0628. The van der Waals surface area contributed by atoms with Crippen molar-refractivity contribution in [1.29, 1.82) is 0 Å². The molecule has 102 valence electrons. The maximum atomic E-state index is 11.5. The fourth-order valence-electron chi connectivity index (χ4n) is 2.68. The number of carbonyl (C=O) groups is 1. The first kappa shape index (κ1) is 12.9. The molecule has 0 radical (unpaired) electrons. The SMILES string of the molecule is CC(C)C(=O)N/N=C/c1ccc2c3c(cccc13)CC2. The van der Waals surface area contributed by atoms with Crippen molar-refractivity contribution in [3.63, 3.8) is 0 Å². The average Bonchev–Trinajstić information content (AvgIpc) is 2.86. The number of amides is 1. The lowest BCUT2D eigenvalue weighted by atomic mass is 10.0. The van der Waals surface area contributed by atoms with Gasteiger partial charge in [-0.1, -0.05) is 44.2 Å². The Morgan fingerprint density at radius 2 is 1.95 bits per heavy atom. The fourth-order valence-corrected chi connectivity index (χ4v) is 2.68. The van der Waals surface area contributed by atoms with E-state index in [1.165, 1.54) is 21.9 Å². The Hall–Kier alpha value is -2.16. The molecule has 0 heterocycles. The van der Waals surface area contributed by atoms with Crippen molar-refractivity contribution in [2.45, 2.75) is 26.7 Å². The monoisotopic (exact) mass is 266 g/mol. The van der Waals surface area contributed by atoms with Gasteiger partial charge < -0.3 is 0 Å². The number of nitrogens with one attached hydrogen (secondary N) is 1. The molecule has 1 aliphatic carbocycles. The van der Waals surface area contributed by atoms with Gasteiger partial charge in [-0.2, -0.15) is 5.10 Å². The van der Waals surface area contributed by atoms with Gasteiger partial charge in [0.15, 0.2) is 0 Å². The molecule has 0 bridgehead atoms. The molecule has 2 aromatic rings. The van der Waals surface area contributed by atoms with Crippen molar-refractivity contribution >= 4 is 22.9 Å². The van der Waals surface area contributed by atoms with Crippen molar-refractivity contribution in [2.75, 3.05) is 0 Å². The van der Waals surface area contributed by atoms with Crippen molar-refractivity contribution < 1.29 is 4.79 Å². The van der Waals surface area contributed by atoms with E-state index in [1.54, 1.807) is 6.21 Å². The molecule has 0 aromatic heterocycles. The Morgan fingerprint density at radius 1 is 1.20 bits per heavy atom. The highest BCUT2D eigenvalue weighted by Gasteiger charge is 2.14. The fraction of sp³-hybridized carbons (Fsp3) is 0.294. The van der Waals surface area contributed by atoms with Gasteiger partial charge in [-0.05, 0) is 34.7 Å². The van der Waals surface area contributed by atoms with Crippen LogP contribution < -0.4 is 5.43 Å². The van der Waals surface area contributed by atoms with Gasteiger partial charge in [0.25, 0.3) is 0 Å². The number of nitrogens with zero attached hydrogens (tertiary/aromatic N) is 1. The summed E-state index contributed by atoms with van der Waals surface area (Å²) in [5.41, 5.74) is 6.45. The molecule has 0 fully saturated rings. The molecule has 0 atom stereocenters. The lowest BCUT2D eigenvalue weighted by Crippen LogP contribution is -2.22. The van der Waals surface area contributed by atoms with Gasteiger partial charge in [-0.15, -0.1) is 0 Å². The predicted octanol–water partition coefficient (Wildman–Crippen LogP) is 3.04. The molecule has 1 aliphatic rings. The summed E-state index contributed by atoms with van der Waals surface area (Å²) in [5, 5.41) is 6.66. The van der Waals surface area contributed by atoms with Crippen LogP contribution in [0, 0.1) is 5.92 Å². The highest BCUT2D eigenvalue weighted by molar-refractivity contribution is 6.03. The standard InChI is InChI=1S/C17H18N2O/c1-11(2)17(20)19-18-10-14-9-8-13-7-6-12-4-3-5-15(14)16(12)13/h3-5,8-11H,6-7H2,1-2H3,(H,19,20)/b18-10+. The van der Waals surface area contributed by atoms with E-state index in [0.29, 0.717) is 0 Å². The van der Waals surface area contributed by atoms with Crippen LogP contribution in [-0.4, -0.2) is 12.1 Å². The van der Waals surface area contributed by atoms with Gasteiger partial charge in [-0.25, -0.2) is 5.43 Å². The molecule has 3 heteroatoms. The Labute approximate surface area is 118 Å². The van der Waals surface area contributed by atoms with Crippen molar-refractivity contribution in [2.24, 2.45) is 11.0 Å². The topological polar surface area (TPSA) is 41.5 Å². The van der Waals surface area contributed by atoms with Crippen LogP contribution in [-0.2, 0) is 17.6 Å². The Kier molecular flexibility index (Phi) is 3.26. The Bertz CT molecular complexity index is 691. The van der Waals surface area contributed by atoms with Crippen LogP contribution in [0.25, 0.3) is 10.8 Å². The van der Waals surface area contributed by atoms with Gasteiger partial charge in [-0.3, -0.25) is 4.79 Å². The molecule has 0 saturated heterocycles. The summed E-state index contributed by atoms with van der Waals surface area (Å²) < 4.78 is 0. The minimum absolute atomic E-state index is 0.0556. The maximum Gasteiger partial charge on any atom is 0.242 e. The Balaban J connectivity index is 1.94. The number of hydrazone groups is 1. The third kappa shape index (κ3) is 2.20. The highest BCUT2D eigenvalue weighted by atomic mass is 16.2. The zero-order chi connectivity index (χ0) is 14.1. The van der Waals surface area contributed by atoms with Crippen LogP contribution in [0.4, 0.5) is 0 Å². The third-order valence-corrected chi connectivity index (χ3v) is 3.81. The first-order valence-electron chi connectivity index (χ1n) is 7.03. The van der Waals surface area contributed by atoms with E-state index in [9.17, 15) is 4.79 Å². The van der Waals surface area contributed by atoms with E-state index >= 15 is 0 Å². The van der Waals surface area contributed by atoms with E-state index in [4.69, 9.17) is 0 Å². The molecule has 0 unspecified atom stereocenters. The van der Waals surface area contributed by atoms with Crippen molar-refractivity contribution in [1.82, 2.24) is 5.43 Å². The molecular weight excluding hydrogens is 248 g/mol. The second-order valence-electron chi connectivity index (χ2n) is 5.54. The third-order valence-electron chi connectivity index (χ3n) is 3.81. The van der Waals surface area contributed by atoms with E-state index in [1.807, 2.05) is 13.8 Å². The largest absolute Gasteiger partial charge is 0.273 e. The lowest BCUT2D eigenvalue weighted by Gasteiger charge is -2.06. The summed E-state index contributed by atoms with van der Waals surface area (Å²) in [5.74, 6) is -0.118. The molecule has 2 aromatic carbocycles. The molecular formula is C17H18N2O. The summed E-state index contributed by atoms with van der Waals surface area (Å²) in [4.78, 5) is 11.5. The number of rotatable bonds is 3. The van der Waals surface area contributed by atoms with Gasteiger partial charge in [0.2, 0.25) is 5.91 Å². The van der Waals surface area contributed by atoms with Crippen LogP contribution in [0.2, 0.25) is 0 Å². The van der Waals surface area contributed by atoms with Gasteiger partial charge in [0.1, 0.15) is 0 Å². The number of carbonyl (C=O) groups excluding carboxylic acids is 1. The number of benzene rings is 2. The zero-order valence-electron chi connectivity index (χ0n) is 11.8. The van der Waals surface area contributed by atoms with Crippen molar-refractivity contribution in [3.05, 3.63) is 47.0 Å². The van der Waals surface area contributed by atoms with E-state index in [-0.39, 0.29) is 11.8 Å². The van der Waals surface area contributed by atoms with Crippen LogP contribution in [0.3, 0.4) is 0 Å². The summed E-state index contributed by atoms with van der Waals surface area (Å²) in [7, 11) is 0. The highest BCUT2D eigenvalue weighted by Crippen LogP contribution is 2.32. The normalized spacial score (nSPS) is 13.6. The average molecular weight is 266 g/mol. The second-order valence-corrected chi connectivity index (χ2v) is 5.54. The molecule has 0 spiro atoms. The van der Waals surface area contributed by atoms with Crippen LogP contribution in [0.5, 0.6) is 0 Å². The molecule has 1 N–H and O–H groups in total. The quantitative estimate of drug-likeness (QED) is 0.673. The van der Waals surface area contributed by atoms with Gasteiger partial charge in [0, 0.05) is 11.5 Å². The zero-order valence-corrected chi connectivity index (χ0v) is 11.8. The summed E-state index contributed by atoms with van der Waals surface area (Å²) >= 11 is 0. The molecule has 0 aliphatic heterocycles. The molecule has 1 amide bonds. The second kappa shape index (κ2) is 5.08. The predicted molar refractivity (Wildman–Crippen MR) is 81.9 cm³/mol. The lowest BCUT2D eigenvalue weighted by molar-refractivity contribution is -0.123. The van der Waals surface area contributed by atoms with Crippen LogP contribution in [0.15, 0.2) is 35.4 Å². The Morgan fingerprint density at radius 3 is 2.70 bits per heavy atom. The molecule has 3 rings (SSSR count). The van der Waals surface area contributed by atoms with Crippen LogP contribution in [0.1, 0.15) is 30.5 Å². The number of aryl methyl sites for hydroxylation is 2. The summed E-state index contributed by atoms with van der Waals surface area (Å²) in [6.07, 6.45) is 3.98. The summed E-state index contributed by atoms with van der Waals surface area (Å²) in [6, 6.07) is 10.7. The van der Waals surface area contributed by atoms with E-state index in [2.05, 4.69) is 40.9 Å². The molecule has 0 saturated carbocycles. The molecule has 3 nitrogen and oxygen atoms in total. The first-order chi connectivity index (χ1) is 9.66. The maximum absolute atomic E-state index is 11.5. The van der Waals surface area contributed by atoms with Crippen LogP contribution >= 0.6 is 0 Å².